The van der Waals surface area contributed by atoms with E-state index in [1.807, 2.05) is 43.3 Å². The van der Waals surface area contributed by atoms with Gasteiger partial charge in [-0.25, -0.2) is 0 Å². The SMILES string of the molecule is C[C@H](C(=O)N1CC(=O)Nc2ccccc21)[NH+]1CCN(c2ccc(O)cc2)CC1. The van der Waals surface area contributed by atoms with E-state index in [1.165, 1.54) is 4.90 Å². The van der Waals surface area contributed by atoms with Crippen molar-refractivity contribution in [3.63, 3.8) is 0 Å². The van der Waals surface area contributed by atoms with Crippen molar-refractivity contribution in [1.82, 2.24) is 0 Å². The maximum Gasteiger partial charge on any atom is 0.285 e. The van der Waals surface area contributed by atoms with Gasteiger partial charge in [-0.2, -0.15) is 0 Å². The molecule has 4 rings (SSSR count). The zero-order valence-corrected chi connectivity index (χ0v) is 15.9. The fourth-order valence-corrected chi connectivity index (χ4v) is 3.99. The summed E-state index contributed by atoms with van der Waals surface area (Å²) in [5.41, 5.74) is 2.53. The number of nitrogens with one attached hydrogen (secondary N) is 2. The molecule has 1 atom stereocenters. The van der Waals surface area contributed by atoms with Crippen LogP contribution in [0.2, 0.25) is 0 Å². The van der Waals surface area contributed by atoms with Gasteiger partial charge in [-0.1, -0.05) is 12.1 Å². The molecule has 2 aromatic rings. The topological polar surface area (TPSA) is 77.3 Å². The van der Waals surface area contributed by atoms with Crippen LogP contribution in [0.25, 0.3) is 0 Å². The molecule has 28 heavy (non-hydrogen) atoms. The zero-order valence-electron chi connectivity index (χ0n) is 15.9. The molecule has 2 aliphatic rings. The summed E-state index contributed by atoms with van der Waals surface area (Å²) >= 11 is 0. The first-order valence-corrected chi connectivity index (χ1v) is 9.62. The Morgan fingerprint density at radius 1 is 1.11 bits per heavy atom. The van der Waals surface area contributed by atoms with Gasteiger partial charge < -0.3 is 20.2 Å². The quantitative estimate of drug-likeness (QED) is 0.723. The molecule has 1 saturated heterocycles. The average Bonchev–Trinajstić information content (AvgIpc) is 2.73. The van der Waals surface area contributed by atoms with Crippen molar-refractivity contribution in [3.8, 4) is 5.75 Å². The molecule has 0 aliphatic carbocycles. The van der Waals surface area contributed by atoms with Crippen LogP contribution in [0.15, 0.2) is 48.5 Å². The van der Waals surface area contributed by atoms with Crippen LogP contribution < -0.4 is 20.0 Å². The van der Waals surface area contributed by atoms with E-state index in [9.17, 15) is 14.7 Å². The van der Waals surface area contributed by atoms with Crippen LogP contribution in [0.1, 0.15) is 6.92 Å². The highest BCUT2D eigenvalue weighted by Gasteiger charge is 2.35. The van der Waals surface area contributed by atoms with Crippen LogP contribution in [0.3, 0.4) is 0 Å². The van der Waals surface area contributed by atoms with E-state index in [0.717, 1.165) is 37.6 Å². The van der Waals surface area contributed by atoms with Crippen LogP contribution in [-0.2, 0) is 9.59 Å². The standard InChI is InChI=1S/C21H24N4O3/c1-15(21(28)25-14-20(27)22-18-4-2-3-5-19(18)25)23-10-12-24(13-11-23)16-6-8-17(26)9-7-16/h2-9,15,26H,10-14H2,1H3,(H,22,27)/p+1/t15-/m1/s1. The second kappa shape index (κ2) is 7.52. The first-order valence-electron chi connectivity index (χ1n) is 9.62. The summed E-state index contributed by atoms with van der Waals surface area (Å²) in [4.78, 5) is 30.3. The summed E-state index contributed by atoms with van der Waals surface area (Å²) in [6.07, 6.45) is 0. The number of nitrogens with zero attached hydrogens (tertiary/aromatic N) is 2. The molecule has 0 bridgehead atoms. The van der Waals surface area contributed by atoms with Crippen LogP contribution in [0.5, 0.6) is 5.75 Å². The third-order valence-electron chi connectivity index (χ3n) is 5.64. The molecule has 146 valence electrons. The fraction of sp³-hybridized carbons (Fsp3) is 0.333. The van der Waals surface area contributed by atoms with E-state index in [1.54, 1.807) is 17.0 Å². The number of piperazine rings is 1. The van der Waals surface area contributed by atoms with Gasteiger partial charge in [0, 0.05) is 5.69 Å². The third kappa shape index (κ3) is 3.53. The molecule has 0 radical (unpaired) electrons. The Labute approximate surface area is 164 Å². The highest BCUT2D eigenvalue weighted by molar-refractivity contribution is 6.10. The van der Waals surface area contributed by atoms with Gasteiger partial charge in [-0.3, -0.25) is 14.5 Å². The number of amides is 2. The second-order valence-electron chi connectivity index (χ2n) is 7.37. The monoisotopic (exact) mass is 381 g/mol. The van der Waals surface area contributed by atoms with Gasteiger partial charge in [0.1, 0.15) is 12.3 Å². The van der Waals surface area contributed by atoms with Gasteiger partial charge in [0.25, 0.3) is 5.91 Å². The number of phenolic OH excluding ortho intramolecular Hbond substituents is 1. The number of aromatic hydroxyl groups is 1. The highest BCUT2D eigenvalue weighted by atomic mass is 16.3. The van der Waals surface area contributed by atoms with Crippen LogP contribution >= 0.6 is 0 Å². The molecular formula is C21H25N4O3+. The van der Waals surface area contributed by atoms with Gasteiger partial charge in [-0.15, -0.1) is 0 Å². The smallest absolute Gasteiger partial charge is 0.285 e. The average molecular weight is 381 g/mol. The third-order valence-corrected chi connectivity index (χ3v) is 5.64. The number of hydrogen-bond donors (Lipinski definition) is 3. The van der Waals surface area contributed by atoms with Crippen molar-refractivity contribution in [3.05, 3.63) is 48.5 Å². The molecule has 7 heteroatoms. The molecule has 2 aromatic carbocycles. The summed E-state index contributed by atoms with van der Waals surface area (Å²) in [7, 11) is 0. The molecular weight excluding hydrogens is 356 g/mol. The van der Waals surface area contributed by atoms with E-state index < -0.39 is 0 Å². The molecule has 2 amide bonds. The molecule has 3 N–H and O–H groups in total. The molecule has 2 aliphatic heterocycles. The first-order chi connectivity index (χ1) is 13.5. The van der Waals surface area contributed by atoms with Crippen molar-refractivity contribution < 1.29 is 19.6 Å². The molecule has 0 spiro atoms. The number of quaternary nitrogens is 1. The number of hydrogen-bond acceptors (Lipinski definition) is 4. The lowest BCUT2D eigenvalue weighted by Crippen LogP contribution is -3.19. The molecule has 0 aromatic heterocycles. The summed E-state index contributed by atoms with van der Waals surface area (Å²) < 4.78 is 0. The van der Waals surface area contributed by atoms with Crippen LogP contribution in [0, 0.1) is 0 Å². The number of anilines is 3. The Hall–Kier alpha value is -3.06. The van der Waals surface area contributed by atoms with Gasteiger partial charge in [0.15, 0.2) is 6.04 Å². The van der Waals surface area contributed by atoms with Crippen LogP contribution in [0.4, 0.5) is 17.1 Å². The number of phenols is 1. The molecule has 1 fully saturated rings. The molecule has 2 heterocycles. The Morgan fingerprint density at radius 3 is 2.50 bits per heavy atom. The normalized spacial score (nSPS) is 18.4. The Morgan fingerprint density at radius 2 is 1.79 bits per heavy atom. The lowest BCUT2D eigenvalue weighted by Gasteiger charge is -2.38. The Kier molecular flexibility index (Phi) is 4.92. The lowest BCUT2D eigenvalue weighted by molar-refractivity contribution is -0.914. The predicted molar refractivity (Wildman–Crippen MR) is 108 cm³/mol. The number of carbonyl (C=O) groups is 2. The van der Waals surface area contributed by atoms with E-state index in [0.29, 0.717) is 5.69 Å². The van der Waals surface area contributed by atoms with Gasteiger partial charge in [0.05, 0.1) is 37.6 Å². The Balaban J connectivity index is 1.43. The fourth-order valence-electron chi connectivity index (χ4n) is 3.99. The highest BCUT2D eigenvalue weighted by Crippen LogP contribution is 2.29. The zero-order chi connectivity index (χ0) is 19.7. The van der Waals surface area contributed by atoms with E-state index in [4.69, 9.17) is 0 Å². The van der Waals surface area contributed by atoms with Crippen molar-refractivity contribution in [2.75, 3.05) is 47.8 Å². The van der Waals surface area contributed by atoms with Crippen molar-refractivity contribution in [2.24, 2.45) is 0 Å². The van der Waals surface area contributed by atoms with Crippen molar-refractivity contribution in [1.29, 1.82) is 0 Å². The van der Waals surface area contributed by atoms with Gasteiger partial charge >= 0.3 is 0 Å². The van der Waals surface area contributed by atoms with Gasteiger partial charge in [-0.05, 0) is 43.3 Å². The summed E-state index contributed by atoms with van der Waals surface area (Å²) in [5, 5.41) is 12.3. The summed E-state index contributed by atoms with van der Waals surface area (Å²) in [6.45, 7) is 5.38. The number of benzene rings is 2. The van der Waals surface area contributed by atoms with Crippen LogP contribution in [-0.4, -0.2) is 55.7 Å². The second-order valence-corrected chi connectivity index (χ2v) is 7.37. The van der Waals surface area contributed by atoms with Gasteiger partial charge in [0.2, 0.25) is 5.91 Å². The summed E-state index contributed by atoms with van der Waals surface area (Å²) in [6, 6.07) is 14.4. The largest absolute Gasteiger partial charge is 0.508 e. The minimum atomic E-state index is -0.221. The predicted octanol–water partition coefficient (Wildman–Crippen LogP) is 0.471. The van der Waals surface area contributed by atoms with E-state index in [2.05, 4.69) is 10.2 Å². The minimum absolute atomic E-state index is 0.0182. The first kappa shape index (κ1) is 18.3. The number of carbonyl (C=O) groups excluding carboxylic acids is 2. The van der Waals surface area contributed by atoms with E-state index >= 15 is 0 Å². The lowest BCUT2D eigenvalue weighted by atomic mass is 10.1. The summed E-state index contributed by atoms with van der Waals surface area (Å²) in [5.74, 6) is 0.0832. The number of fused-ring (bicyclic) bond motifs is 1. The maximum absolute atomic E-state index is 13.2. The molecule has 0 unspecified atom stereocenters. The van der Waals surface area contributed by atoms with Crippen molar-refractivity contribution in [2.45, 2.75) is 13.0 Å². The number of rotatable bonds is 3. The Bertz CT molecular complexity index is 875. The van der Waals surface area contributed by atoms with Crippen molar-refractivity contribution >= 4 is 28.9 Å². The van der Waals surface area contributed by atoms with E-state index in [-0.39, 0.29) is 30.2 Å². The maximum atomic E-state index is 13.2. The minimum Gasteiger partial charge on any atom is -0.508 e. The molecule has 7 nitrogen and oxygen atoms in total. The number of para-hydroxylation sites is 2. The molecule has 0 saturated carbocycles.